The molecule has 19 heavy (non-hydrogen) atoms. The summed E-state index contributed by atoms with van der Waals surface area (Å²) in [6, 6.07) is 1.61. The van der Waals surface area contributed by atoms with Crippen molar-refractivity contribution in [3.63, 3.8) is 0 Å². The lowest BCUT2D eigenvalue weighted by atomic mass is 10.1. The first-order valence-electron chi connectivity index (χ1n) is 5.87. The maximum Gasteiger partial charge on any atom is 0.170 e. The number of carbonyl (C=O) groups is 1. The van der Waals surface area contributed by atoms with E-state index >= 15 is 0 Å². The molecule has 2 heterocycles. The number of Topliss-reactive ketones (excluding diaryl/α,β-unsaturated/α-hetero) is 1. The Morgan fingerprint density at radius 3 is 2.74 bits per heavy atom. The van der Waals surface area contributed by atoms with E-state index in [0.717, 1.165) is 12.1 Å². The number of hydrogen-bond donors (Lipinski definition) is 0. The number of pyridine rings is 1. The molecule has 0 N–H and O–H groups in total. The Hall–Kier alpha value is -1.39. The molecule has 2 aromatic heterocycles. The van der Waals surface area contributed by atoms with Crippen LogP contribution >= 0.6 is 23.2 Å². The highest BCUT2D eigenvalue weighted by Crippen LogP contribution is 2.23. The summed E-state index contributed by atoms with van der Waals surface area (Å²) in [5.74, 6) is -0.0973. The lowest BCUT2D eigenvalue weighted by Gasteiger charge is -2.04. The van der Waals surface area contributed by atoms with Crippen molar-refractivity contribution in [3.8, 4) is 0 Å². The minimum absolute atomic E-state index is 0.0973. The molecule has 0 saturated carbocycles. The smallest absolute Gasteiger partial charge is 0.170 e. The summed E-state index contributed by atoms with van der Waals surface area (Å²) in [7, 11) is 1.78. The number of hydrogen-bond acceptors (Lipinski definition) is 3. The van der Waals surface area contributed by atoms with E-state index < -0.39 is 0 Å². The fourth-order valence-corrected chi connectivity index (χ4v) is 2.45. The quantitative estimate of drug-likeness (QED) is 0.815. The maximum absolute atomic E-state index is 12.2. The van der Waals surface area contributed by atoms with Crippen LogP contribution in [-0.4, -0.2) is 20.5 Å². The van der Waals surface area contributed by atoms with Crippen LogP contribution in [-0.2, 0) is 19.9 Å². The normalized spacial score (nSPS) is 10.7. The van der Waals surface area contributed by atoms with E-state index in [4.69, 9.17) is 23.2 Å². The van der Waals surface area contributed by atoms with Gasteiger partial charge in [-0.25, -0.2) is 0 Å². The second kappa shape index (κ2) is 5.72. The number of nitrogens with zero attached hydrogens (tertiary/aromatic N) is 3. The molecular formula is C13H13Cl2N3O. The molecule has 0 aliphatic carbocycles. The first kappa shape index (κ1) is 14.0. The van der Waals surface area contributed by atoms with Crippen LogP contribution in [0.2, 0.25) is 10.0 Å². The molecule has 100 valence electrons. The molecule has 0 saturated heterocycles. The van der Waals surface area contributed by atoms with Crippen LogP contribution in [0.5, 0.6) is 0 Å². The van der Waals surface area contributed by atoms with Gasteiger partial charge in [-0.2, -0.15) is 5.10 Å². The number of ketones is 1. The summed E-state index contributed by atoms with van der Waals surface area (Å²) in [5.41, 5.74) is 1.95. The van der Waals surface area contributed by atoms with Gasteiger partial charge in [0, 0.05) is 25.0 Å². The predicted molar refractivity (Wildman–Crippen MR) is 74.9 cm³/mol. The summed E-state index contributed by atoms with van der Waals surface area (Å²) in [6.07, 6.45) is 3.90. The summed E-state index contributed by atoms with van der Waals surface area (Å²) in [6.45, 7) is 1.97. The molecule has 2 rings (SSSR count). The number of rotatable bonds is 4. The molecule has 0 bridgehead atoms. The summed E-state index contributed by atoms with van der Waals surface area (Å²) in [4.78, 5) is 16.1. The minimum atomic E-state index is -0.0973. The van der Waals surface area contributed by atoms with Gasteiger partial charge in [0.15, 0.2) is 5.78 Å². The van der Waals surface area contributed by atoms with Crippen molar-refractivity contribution in [2.24, 2.45) is 7.05 Å². The van der Waals surface area contributed by atoms with Gasteiger partial charge < -0.3 is 0 Å². The Labute approximate surface area is 121 Å². The molecule has 0 spiro atoms. The van der Waals surface area contributed by atoms with Gasteiger partial charge in [0.2, 0.25) is 0 Å². The van der Waals surface area contributed by atoms with Crippen LogP contribution in [0.25, 0.3) is 0 Å². The van der Waals surface area contributed by atoms with Gasteiger partial charge in [-0.1, -0.05) is 30.1 Å². The molecule has 0 aromatic carbocycles. The highest BCUT2D eigenvalue weighted by molar-refractivity contribution is 6.34. The number of aromatic nitrogens is 3. The Kier molecular flexibility index (Phi) is 4.22. The predicted octanol–water partition coefficient (Wildman–Crippen LogP) is 3.11. The molecule has 2 aromatic rings. The van der Waals surface area contributed by atoms with Gasteiger partial charge >= 0.3 is 0 Å². The standard InChI is InChI=1S/C13H13Cl2N3O/c1-3-10-13(15)11(18(2)17-10)6-12(19)8-4-5-16-7-9(8)14/h4-5,7H,3,6H2,1-2H3. The van der Waals surface area contributed by atoms with E-state index in [9.17, 15) is 4.79 Å². The Bertz CT molecular complexity index is 622. The molecule has 0 amide bonds. The number of aryl methyl sites for hydroxylation is 2. The van der Waals surface area contributed by atoms with Gasteiger partial charge in [0.1, 0.15) is 0 Å². The van der Waals surface area contributed by atoms with Crippen molar-refractivity contribution in [1.82, 2.24) is 14.8 Å². The minimum Gasteiger partial charge on any atom is -0.294 e. The van der Waals surface area contributed by atoms with Gasteiger partial charge in [0.05, 0.1) is 27.9 Å². The molecule has 4 nitrogen and oxygen atoms in total. The highest BCUT2D eigenvalue weighted by Gasteiger charge is 2.18. The monoisotopic (exact) mass is 297 g/mol. The summed E-state index contributed by atoms with van der Waals surface area (Å²) in [5, 5.41) is 5.19. The zero-order valence-electron chi connectivity index (χ0n) is 10.7. The van der Waals surface area contributed by atoms with Crippen molar-refractivity contribution >= 4 is 29.0 Å². The second-order valence-electron chi connectivity index (χ2n) is 4.14. The van der Waals surface area contributed by atoms with Crippen LogP contribution in [0.1, 0.15) is 28.7 Å². The number of carbonyl (C=O) groups excluding carboxylic acids is 1. The van der Waals surface area contributed by atoms with Crippen molar-refractivity contribution < 1.29 is 4.79 Å². The summed E-state index contributed by atoms with van der Waals surface area (Å²) < 4.78 is 1.65. The van der Waals surface area contributed by atoms with E-state index in [1.54, 1.807) is 24.0 Å². The van der Waals surface area contributed by atoms with E-state index in [1.807, 2.05) is 6.92 Å². The fraction of sp³-hybridized carbons (Fsp3) is 0.308. The highest BCUT2D eigenvalue weighted by atomic mass is 35.5. The van der Waals surface area contributed by atoms with Crippen molar-refractivity contribution in [2.75, 3.05) is 0 Å². The Morgan fingerprint density at radius 1 is 1.42 bits per heavy atom. The average molecular weight is 298 g/mol. The van der Waals surface area contributed by atoms with Gasteiger partial charge in [-0.15, -0.1) is 0 Å². The second-order valence-corrected chi connectivity index (χ2v) is 4.93. The van der Waals surface area contributed by atoms with Crippen molar-refractivity contribution in [3.05, 3.63) is 45.5 Å². The first-order chi connectivity index (χ1) is 9.04. The third kappa shape index (κ3) is 2.80. The number of halogens is 2. The van der Waals surface area contributed by atoms with E-state index in [-0.39, 0.29) is 12.2 Å². The topological polar surface area (TPSA) is 47.8 Å². The molecule has 0 aliphatic heterocycles. The molecule has 6 heteroatoms. The summed E-state index contributed by atoms with van der Waals surface area (Å²) >= 11 is 12.2. The molecule has 0 aliphatic rings. The zero-order valence-corrected chi connectivity index (χ0v) is 12.2. The molecular weight excluding hydrogens is 285 g/mol. The lowest BCUT2D eigenvalue weighted by molar-refractivity contribution is 0.0991. The van der Waals surface area contributed by atoms with Crippen molar-refractivity contribution in [2.45, 2.75) is 19.8 Å². The van der Waals surface area contributed by atoms with Crippen LogP contribution in [0, 0.1) is 0 Å². The van der Waals surface area contributed by atoms with E-state index in [1.165, 1.54) is 6.20 Å². The van der Waals surface area contributed by atoms with Crippen LogP contribution in [0.4, 0.5) is 0 Å². The maximum atomic E-state index is 12.2. The lowest BCUT2D eigenvalue weighted by Crippen LogP contribution is -2.09. The van der Waals surface area contributed by atoms with E-state index in [0.29, 0.717) is 21.3 Å². The fourth-order valence-electron chi connectivity index (χ4n) is 1.86. The average Bonchev–Trinajstić information content (AvgIpc) is 2.66. The van der Waals surface area contributed by atoms with Gasteiger partial charge in [0.25, 0.3) is 0 Å². The third-order valence-electron chi connectivity index (χ3n) is 2.90. The molecule has 0 unspecified atom stereocenters. The Balaban J connectivity index is 2.30. The molecule has 0 radical (unpaired) electrons. The zero-order chi connectivity index (χ0) is 14.0. The SMILES string of the molecule is CCc1nn(C)c(CC(=O)c2ccncc2Cl)c1Cl. The van der Waals surface area contributed by atoms with Crippen LogP contribution < -0.4 is 0 Å². The van der Waals surface area contributed by atoms with E-state index in [2.05, 4.69) is 10.1 Å². The van der Waals surface area contributed by atoms with Crippen LogP contribution in [0.3, 0.4) is 0 Å². The van der Waals surface area contributed by atoms with Crippen LogP contribution in [0.15, 0.2) is 18.5 Å². The first-order valence-corrected chi connectivity index (χ1v) is 6.63. The third-order valence-corrected chi connectivity index (χ3v) is 3.64. The largest absolute Gasteiger partial charge is 0.294 e. The molecule has 0 fully saturated rings. The Morgan fingerprint density at radius 2 is 2.16 bits per heavy atom. The van der Waals surface area contributed by atoms with Crippen molar-refractivity contribution in [1.29, 1.82) is 0 Å². The van der Waals surface area contributed by atoms with Gasteiger partial charge in [-0.05, 0) is 12.5 Å². The van der Waals surface area contributed by atoms with Gasteiger partial charge in [-0.3, -0.25) is 14.5 Å². The molecule has 0 atom stereocenters.